The molecule has 3 amide bonds. The molecule has 0 saturated heterocycles. The lowest BCUT2D eigenvalue weighted by Gasteiger charge is -2.24. The van der Waals surface area contributed by atoms with Gasteiger partial charge >= 0.3 is 0 Å². The van der Waals surface area contributed by atoms with Crippen LogP contribution in [-0.4, -0.2) is 60.9 Å². The molecule has 3 rings (SSSR count). The third kappa shape index (κ3) is 9.36. The van der Waals surface area contributed by atoms with Gasteiger partial charge in [0.05, 0.1) is 18.7 Å². The van der Waals surface area contributed by atoms with Crippen LogP contribution in [0.25, 0.3) is 11.3 Å². The highest BCUT2D eigenvalue weighted by Crippen LogP contribution is 2.20. The molecule has 1 heterocycles. The van der Waals surface area contributed by atoms with E-state index in [1.165, 1.54) is 4.90 Å². The van der Waals surface area contributed by atoms with Crippen LogP contribution in [-0.2, 0) is 27.3 Å². The molecular weight excluding hydrogens is 496 g/mol. The fourth-order valence-corrected chi connectivity index (χ4v) is 4.13. The first kappa shape index (κ1) is 29.6. The Bertz CT molecular complexity index is 1160. The molecule has 0 aliphatic carbocycles. The van der Waals surface area contributed by atoms with E-state index in [-0.39, 0.29) is 37.9 Å². The maximum Gasteiger partial charge on any atom is 0.242 e. The molecule has 8 N–H and O–H groups in total. The molecular formula is C29H38N6O4. The average Bonchev–Trinajstić information content (AvgIpc) is 3.49. The van der Waals surface area contributed by atoms with Crippen LogP contribution in [0.5, 0.6) is 0 Å². The van der Waals surface area contributed by atoms with E-state index in [9.17, 15) is 14.4 Å². The van der Waals surface area contributed by atoms with Crippen LogP contribution < -0.4 is 27.8 Å². The van der Waals surface area contributed by atoms with Gasteiger partial charge in [0.25, 0.3) is 0 Å². The number of benzene rings is 2. The van der Waals surface area contributed by atoms with Crippen molar-refractivity contribution in [2.45, 2.75) is 37.9 Å². The third-order valence-electron chi connectivity index (χ3n) is 6.31. The standard InChI is InChI=1S/C29H38N6O4/c30-14-16-35(17-15-31)27(36)19-24(32)28(37)34-25(13-10-21-5-2-1-3-6-21)29(38)33-20-22-8-11-23(12-9-22)26-7-4-18-39-26/h1-9,11-12,18,24-25H,10,13-17,19-20,30-32H2,(H,33,38)(H,34,37)/t24-,25-/m0/s1. The summed E-state index contributed by atoms with van der Waals surface area (Å²) < 4.78 is 5.41. The largest absolute Gasteiger partial charge is 0.464 e. The highest BCUT2D eigenvalue weighted by molar-refractivity contribution is 5.92. The van der Waals surface area contributed by atoms with E-state index in [0.29, 0.717) is 25.9 Å². The lowest BCUT2D eigenvalue weighted by Crippen LogP contribution is -2.53. The average molecular weight is 535 g/mol. The van der Waals surface area contributed by atoms with Crippen molar-refractivity contribution in [3.63, 3.8) is 0 Å². The smallest absolute Gasteiger partial charge is 0.242 e. The van der Waals surface area contributed by atoms with E-state index in [0.717, 1.165) is 22.5 Å². The number of nitrogens with two attached hydrogens (primary N) is 3. The summed E-state index contributed by atoms with van der Waals surface area (Å²) in [6.07, 6.45) is 2.35. The molecule has 1 aromatic heterocycles. The van der Waals surface area contributed by atoms with Gasteiger partial charge in [-0.2, -0.15) is 0 Å². The van der Waals surface area contributed by atoms with Crippen molar-refractivity contribution in [1.29, 1.82) is 0 Å². The summed E-state index contributed by atoms with van der Waals surface area (Å²) in [7, 11) is 0. The molecule has 10 nitrogen and oxygen atoms in total. The molecule has 2 atom stereocenters. The molecule has 0 unspecified atom stereocenters. The number of amides is 3. The second-order valence-corrected chi connectivity index (χ2v) is 9.25. The molecule has 0 saturated carbocycles. The highest BCUT2D eigenvalue weighted by Gasteiger charge is 2.26. The topological polar surface area (TPSA) is 170 Å². The predicted octanol–water partition coefficient (Wildman–Crippen LogP) is 1.14. The summed E-state index contributed by atoms with van der Waals surface area (Å²) in [4.78, 5) is 40.2. The summed E-state index contributed by atoms with van der Waals surface area (Å²) in [6, 6.07) is 19.1. The minimum Gasteiger partial charge on any atom is -0.464 e. The van der Waals surface area contributed by atoms with Crippen molar-refractivity contribution in [2.75, 3.05) is 26.2 Å². The van der Waals surface area contributed by atoms with Crippen molar-refractivity contribution in [3.05, 3.63) is 84.1 Å². The monoisotopic (exact) mass is 534 g/mol. The molecule has 10 heteroatoms. The molecule has 0 aliphatic heterocycles. The number of rotatable bonds is 15. The molecule has 208 valence electrons. The van der Waals surface area contributed by atoms with E-state index < -0.39 is 18.0 Å². The van der Waals surface area contributed by atoms with Crippen LogP contribution >= 0.6 is 0 Å². The van der Waals surface area contributed by atoms with Gasteiger partial charge in [-0.05, 0) is 36.1 Å². The number of furan rings is 1. The molecule has 0 fully saturated rings. The zero-order chi connectivity index (χ0) is 28.0. The normalized spacial score (nSPS) is 12.4. The van der Waals surface area contributed by atoms with Crippen molar-refractivity contribution in [1.82, 2.24) is 15.5 Å². The van der Waals surface area contributed by atoms with Crippen LogP contribution in [0.1, 0.15) is 24.0 Å². The summed E-state index contributed by atoms with van der Waals surface area (Å²) in [6.45, 7) is 1.50. The first-order valence-electron chi connectivity index (χ1n) is 13.1. The molecule has 0 spiro atoms. The summed E-state index contributed by atoms with van der Waals surface area (Å²) >= 11 is 0. The number of hydrogen-bond donors (Lipinski definition) is 5. The Morgan fingerprint density at radius 1 is 0.846 bits per heavy atom. The Morgan fingerprint density at radius 2 is 1.54 bits per heavy atom. The predicted molar refractivity (Wildman–Crippen MR) is 150 cm³/mol. The Balaban J connectivity index is 1.61. The Kier molecular flexibility index (Phi) is 11.7. The van der Waals surface area contributed by atoms with E-state index in [2.05, 4.69) is 10.6 Å². The van der Waals surface area contributed by atoms with Crippen LogP contribution in [0.15, 0.2) is 77.4 Å². The van der Waals surface area contributed by atoms with Gasteiger partial charge in [-0.3, -0.25) is 14.4 Å². The Labute approximate surface area is 228 Å². The number of carbonyl (C=O) groups excluding carboxylic acids is 3. The van der Waals surface area contributed by atoms with Gasteiger partial charge in [-0.1, -0.05) is 54.6 Å². The van der Waals surface area contributed by atoms with E-state index in [4.69, 9.17) is 21.6 Å². The molecule has 39 heavy (non-hydrogen) atoms. The molecule has 0 bridgehead atoms. The molecule has 3 aromatic rings. The second-order valence-electron chi connectivity index (χ2n) is 9.25. The minimum absolute atomic E-state index is 0.207. The number of aryl methyl sites for hydroxylation is 1. The highest BCUT2D eigenvalue weighted by atomic mass is 16.3. The van der Waals surface area contributed by atoms with Crippen molar-refractivity contribution in [3.8, 4) is 11.3 Å². The minimum atomic E-state index is -1.11. The number of carbonyl (C=O) groups is 3. The van der Waals surface area contributed by atoms with Crippen LogP contribution in [0.4, 0.5) is 0 Å². The van der Waals surface area contributed by atoms with Crippen molar-refractivity contribution >= 4 is 17.7 Å². The van der Waals surface area contributed by atoms with Crippen LogP contribution in [0.2, 0.25) is 0 Å². The van der Waals surface area contributed by atoms with Crippen LogP contribution in [0, 0.1) is 0 Å². The van der Waals surface area contributed by atoms with Crippen molar-refractivity contribution in [2.24, 2.45) is 17.2 Å². The molecule has 0 radical (unpaired) electrons. The molecule has 0 aliphatic rings. The van der Waals surface area contributed by atoms with Gasteiger partial charge in [0.15, 0.2) is 0 Å². The van der Waals surface area contributed by atoms with E-state index >= 15 is 0 Å². The summed E-state index contributed by atoms with van der Waals surface area (Å²) in [5.41, 5.74) is 20.1. The van der Waals surface area contributed by atoms with Crippen molar-refractivity contribution < 1.29 is 18.8 Å². The van der Waals surface area contributed by atoms with E-state index in [1.54, 1.807) is 6.26 Å². The Morgan fingerprint density at radius 3 is 2.15 bits per heavy atom. The zero-order valence-electron chi connectivity index (χ0n) is 22.1. The quantitative estimate of drug-likeness (QED) is 0.195. The first-order chi connectivity index (χ1) is 18.9. The fraction of sp³-hybridized carbons (Fsp3) is 0.345. The van der Waals surface area contributed by atoms with E-state index in [1.807, 2.05) is 66.7 Å². The fourth-order valence-electron chi connectivity index (χ4n) is 4.13. The maximum atomic E-state index is 13.2. The summed E-state index contributed by atoms with van der Waals surface area (Å²) in [5, 5.41) is 5.66. The lowest BCUT2D eigenvalue weighted by atomic mass is 10.0. The van der Waals surface area contributed by atoms with Gasteiger partial charge in [0.2, 0.25) is 17.7 Å². The van der Waals surface area contributed by atoms with Gasteiger partial charge in [-0.15, -0.1) is 0 Å². The maximum absolute atomic E-state index is 13.2. The second kappa shape index (κ2) is 15.4. The SMILES string of the molecule is NCCN(CCN)C(=O)C[C@H](N)C(=O)N[C@@H](CCc1ccccc1)C(=O)NCc1ccc(-c2ccco2)cc1. The lowest BCUT2D eigenvalue weighted by molar-refractivity contribution is -0.135. The number of hydrogen-bond acceptors (Lipinski definition) is 7. The first-order valence-corrected chi connectivity index (χ1v) is 13.1. The Hall–Kier alpha value is -3.99. The zero-order valence-corrected chi connectivity index (χ0v) is 22.1. The van der Waals surface area contributed by atoms with Gasteiger partial charge < -0.3 is 37.2 Å². The van der Waals surface area contributed by atoms with Crippen LogP contribution in [0.3, 0.4) is 0 Å². The number of nitrogens with zero attached hydrogens (tertiary/aromatic N) is 1. The van der Waals surface area contributed by atoms with Gasteiger partial charge in [-0.25, -0.2) is 0 Å². The number of nitrogens with one attached hydrogen (secondary N) is 2. The summed E-state index contributed by atoms with van der Waals surface area (Å²) in [5.74, 6) is -0.448. The third-order valence-corrected chi connectivity index (χ3v) is 6.31. The molecule has 2 aromatic carbocycles. The van der Waals surface area contributed by atoms with Gasteiger partial charge in [0.1, 0.15) is 11.8 Å². The van der Waals surface area contributed by atoms with Gasteiger partial charge in [0, 0.05) is 38.3 Å².